The molecule has 2 aromatic carbocycles. The van der Waals surface area contributed by atoms with Crippen molar-refractivity contribution in [2.75, 3.05) is 6.54 Å². The molecule has 0 saturated heterocycles. The highest BCUT2D eigenvalue weighted by Gasteiger charge is 2.18. The summed E-state index contributed by atoms with van der Waals surface area (Å²) in [7, 11) is 0. The monoisotopic (exact) mass is 347 g/mol. The third-order valence-corrected chi connectivity index (χ3v) is 3.82. The van der Waals surface area contributed by atoms with Crippen LogP contribution in [0.2, 0.25) is 0 Å². The van der Waals surface area contributed by atoms with Crippen molar-refractivity contribution >= 4 is 18.7 Å². The number of hydrogen-bond acceptors (Lipinski definition) is 5. The molecule has 0 aliphatic heterocycles. The standard InChI is InChI=1S/C18H21NO4S/c20-16(17(21)14-6-8-15(24)9-7-14)10-11-19-18(22)23-12-13-4-2-1-3-5-13/h1-9,16-17,20-21,24H,10-12H2,(H,19,22). The third-order valence-electron chi connectivity index (χ3n) is 3.52. The molecule has 6 heteroatoms. The number of hydrogen-bond donors (Lipinski definition) is 4. The van der Waals surface area contributed by atoms with Gasteiger partial charge in [0, 0.05) is 11.4 Å². The second-order valence-corrected chi connectivity index (χ2v) is 5.90. The molecule has 5 nitrogen and oxygen atoms in total. The molecule has 0 heterocycles. The summed E-state index contributed by atoms with van der Waals surface area (Å²) in [6, 6.07) is 16.3. The first-order valence-corrected chi connectivity index (χ1v) is 8.10. The van der Waals surface area contributed by atoms with Gasteiger partial charge in [0.2, 0.25) is 0 Å². The lowest BCUT2D eigenvalue weighted by atomic mass is 10.0. The molecule has 3 N–H and O–H groups in total. The zero-order valence-electron chi connectivity index (χ0n) is 13.1. The lowest BCUT2D eigenvalue weighted by Gasteiger charge is -2.18. The molecule has 0 aromatic heterocycles. The van der Waals surface area contributed by atoms with Crippen LogP contribution in [-0.4, -0.2) is 29.0 Å². The Labute approximate surface area is 146 Å². The number of alkyl carbamates (subject to hydrolysis) is 1. The Morgan fingerprint density at radius 3 is 2.42 bits per heavy atom. The Balaban J connectivity index is 1.68. The first-order valence-electron chi connectivity index (χ1n) is 7.66. The molecule has 0 aliphatic rings. The summed E-state index contributed by atoms with van der Waals surface area (Å²) in [5.74, 6) is 0. The summed E-state index contributed by atoms with van der Waals surface area (Å²) in [6.07, 6.45) is -2.34. The zero-order valence-corrected chi connectivity index (χ0v) is 14.0. The number of aliphatic hydroxyl groups is 2. The van der Waals surface area contributed by atoms with Crippen LogP contribution in [0, 0.1) is 0 Å². The fourth-order valence-corrected chi connectivity index (χ4v) is 2.30. The largest absolute Gasteiger partial charge is 0.445 e. The molecular formula is C18H21NO4S. The summed E-state index contributed by atoms with van der Waals surface area (Å²) in [4.78, 5) is 12.4. The molecular weight excluding hydrogens is 326 g/mol. The summed E-state index contributed by atoms with van der Waals surface area (Å²) < 4.78 is 5.07. The molecule has 0 bridgehead atoms. The van der Waals surface area contributed by atoms with Gasteiger partial charge in [-0.15, -0.1) is 12.6 Å². The summed E-state index contributed by atoms with van der Waals surface area (Å²) >= 11 is 4.17. The van der Waals surface area contributed by atoms with E-state index < -0.39 is 18.3 Å². The van der Waals surface area contributed by atoms with Crippen LogP contribution in [-0.2, 0) is 11.3 Å². The Hall–Kier alpha value is -2.02. The number of carbonyl (C=O) groups excluding carboxylic acids is 1. The Morgan fingerprint density at radius 1 is 1.08 bits per heavy atom. The lowest BCUT2D eigenvalue weighted by Crippen LogP contribution is -2.29. The number of ether oxygens (including phenoxy) is 1. The van der Waals surface area contributed by atoms with Crippen LogP contribution < -0.4 is 5.32 Å². The highest BCUT2D eigenvalue weighted by Crippen LogP contribution is 2.20. The molecule has 1 amide bonds. The highest BCUT2D eigenvalue weighted by molar-refractivity contribution is 7.80. The van der Waals surface area contributed by atoms with Crippen LogP contribution in [0.1, 0.15) is 23.7 Å². The minimum absolute atomic E-state index is 0.188. The smallest absolute Gasteiger partial charge is 0.407 e. The number of amides is 1. The van der Waals surface area contributed by atoms with Crippen LogP contribution in [0.3, 0.4) is 0 Å². The molecule has 2 rings (SSSR count). The normalized spacial score (nSPS) is 13.1. The van der Waals surface area contributed by atoms with Gasteiger partial charge in [-0.2, -0.15) is 0 Å². The van der Waals surface area contributed by atoms with E-state index in [-0.39, 0.29) is 19.6 Å². The van der Waals surface area contributed by atoms with E-state index in [0.717, 1.165) is 10.5 Å². The predicted molar refractivity (Wildman–Crippen MR) is 93.9 cm³/mol. The Bertz CT molecular complexity index is 633. The van der Waals surface area contributed by atoms with Gasteiger partial charge in [0.15, 0.2) is 0 Å². The Morgan fingerprint density at radius 2 is 1.75 bits per heavy atom. The van der Waals surface area contributed by atoms with Crippen LogP contribution in [0.15, 0.2) is 59.5 Å². The molecule has 0 radical (unpaired) electrons. The van der Waals surface area contributed by atoms with Crippen LogP contribution in [0.25, 0.3) is 0 Å². The van der Waals surface area contributed by atoms with Gasteiger partial charge in [0.25, 0.3) is 0 Å². The van der Waals surface area contributed by atoms with Crippen molar-refractivity contribution in [3.05, 3.63) is 65.7 Å². The lowest BCUT2D eigenvalue weighted by molar-refractivity contribution is 0.0136. The maximum absolute atomic E-state index is 11.6. The van der Waals surface area contributed by atoms with E-state index in [4.69, 9.17) is 4.74 Å². The van der Waals surface area contributed by atoms with Crippen molar-refractivity contribution in [2.45, 2.75) is 30.1 Å². The van der Waals surface area contributed by atoms with E-state index in [1.807, 2.05) is 30.3 Å². The topological polar surface area (TPSA) is 78.8 Å². The average molecular weight is 347 g/mol. The van der Waals surface area contributed by atoms with E-state index >= 15 is 0 Å². The fourth-order valence-electron chi connectivity index (χ4n) is 2.15. The van der Waals surface area contributed by atoms with Crippen LogP contribution >= 0.6 is 12.6 Å². The van der Waals surface area contributed by atoms with Crippen LogP contribution in [0.4, 0.5) is 4.79 Å². The molecule has 0 fully saturated rings. The van der Waals surface area contributed by atoms with Gasteiger partial charge in [0.1, 0.15) is 12.7 Å². The predicted octanol–water partition coefficient (Wildman–Crippen LogP) is 2.69. The summed E-state index contributed by atoms with van der Waals surface area (Å²) in [5.41, 5.74) is 1.50. The van der Waals surface area contributed by atoms with E-state index in [1.54, 1.807) is 24.3 Å². The number of thiol groups is 1. The van der Waals surface area contributed by atoms with Crippen molar-refractivity contribution in [3.63, 3.8) is 0 Å². The number of benzene rings is 2. The first kappa shape index (κ1) is 18.3. The minimum atomic E-state index is -1.01. The van der Waals surface area contributed by atoms with Crippen LogP contribution in [0.5, 0.6) is 0 Å². The van der Waals surface area contributed by atoms with Crippen molar-refractivity contribution in [3.8, 4) is 0 Å². The summed E-state index contributed by atoms with van der Waals surface area (Å²) in [6.45, 7) is 0.393. The van der Waals surface area contributed by atoms with Crippen molar-refractivity contribution in [1.82, 2.24) is 5.32 Å². The number of nitrogens with one attached hydrogen (secondary N) is 1. The van der Waals surface area contributed by atoms with Crippen molar-refractivity contribution in [1.29, 1.82) is 0 Å². The molecule has 0 saturated carbocycles. The van der Waals surface area contributed by atoms with Gasteiger partial charge in [0.05, 0.1) is 6.10 Å². The van der Waals surface area contributed by atoms with E-state index in [1.165, 1.54) is 0 Å². The zero-order chi connectivity index (χ0) is 17.4. The number of carbonyl (C=O) groups is 1. The van der Waals surface area contributed by atoms with Gasteiger partial charge in [-0.1, -0.05) is 42.5 Å². The average Bonchev–Trinajstić information content (AvgIpc) is 2.61. The minimum Gasteiger partial charge on any atom is -0.445 e. The highest BCUT2D eigenvalue weighted by atomic mass is 32.1. The number of rotatable bonds is 7. The Kier molecular flexibility index (Phi) is 7.11. The SMILES string of the molecule is O=C(NCCC(O)C(O)c1ccc(S)cc1)OCc1ccccc1. The molecule has 2 atom stereocenters. The maximum atomic E-state index is 11.6. The molecule has 128 valence electrons. The van der Waals surface area contributed by atoms with Gasteiger partial charge >= 0.3 is 6.09 Å². The third kappa shape index (κ3) is 5.88. The maximum Gasteiger partial charge on any atom is 0.407 e. The van der Waals surface area contributed by atoms with Gasteiger partial charge in [-0.05, 0) is 29.7 Å². The second kappa shape index (κ2) is 9.32. The van der Waals surface area contributed by atoms with Crippen molar-refractivity contribution < 1.29 is 19.7 Å². The van der Waals surface area contributed by atoms with Gasteiger partial charge in [-0.25, -0.2) is 4.79 Å². The van der Waals surface area contributed by atoms with E-state index in [9.17, 15) is 15.0 Å². The number of aliphatic hydroxyl groups excluding tert-OH is 2. The molecule has 0 aliphatic carbocycles. The van der Waals surface area contributed by atoms with Gasteiger partial charge < -0.3 is 20.3 Å². The van der Waals surface area contributed by atoms with Crippen molar-refractivity contribution in [2.24, 2.45) is 0 Å². The van der Waals surface area contributed by atoms with Gasteiger partial charge in [-0.3, -0.25) is 0 Å². The molecule has 2 aromatic rings. The first-order chi connectivity index (χ1) is 11.6. The van der Waals surface area contributed by atoms with E-state index in [2.05, 4.69) is 17.9 Å². The van der Waals surface area contributed by atoms with E-state index in [0.29, 0.717) is 5.56 Å². The molecule has 2 unspecified atom stereocenters. The summed E-state index contributed by atoms with van der Waals surface area (Å²) in [5, 5.41) is 22.6. The molecule has 24 heavy (non-hydrogen) atoms. The fraction of sp³-hybridized carbons (Fsp3) is 0.278. The second-order valence-electron chi connectivity index (χ2n) is 5.38. The molecule has 0 spiro atoms. The quantitative estimate of drug-likeness (QED) is 0.581.